The SMILES string of the molecule is CCC(Oc1cccc(CNC(CCOc2ccc(OC)cc2)c2nc3ccccc3s2)c1)C(=O)O. The number of methoxy groups -OCH3 is 1. The van der Waals surface area contributed by atoms with Crippen LogP contribution in [0.5, 0.6) is 17.2 Å². The zero-order valence-corrected chi connectivity index (χ0v) is 21.2. The number of rotatable bonds is 13. The Morgan fingerprint density at radius 3 is 2.53 bits per heavy atom. The monoisotopic (exact) mass is 506 g/mol. The average molecular weight is 507 g/mol. The summed E-state index contributed by atoms with van der Waals surface area (Å²) < 4.78 is 18.0. The number of aliphatic carboxylic acids is 1. The van der Waals surface area contributed by atoms with Crippen LogP contribution in [0.25, 0.3) is 10.2 Å². The lowest BCUT2D eigenvalue weighted by atomic mass is 10.1. The first-order chi connectivity index (χ1) is 17.6. The van der Waals surface area contributed by atoms with Crippen LogP contribution in [0.3, 0.4) is 0 Å². The Morgan fingerprint density at radius 2 is 1.81 bits per heavy atom. The maximum atomic E-state index is 11.3. The Morgan fingerprint density at radius 1 is 1.03 bits per heavy atom. The van der Waals surface area contributed by atoms with Gasteiger partial charge in [0.2, 0.25) is 0 Å². The van der Waals surface area contributed by atoms with E-state index in [9.17, 15) is 9.90 Å². The predicted molar refractivity (Wildman–Crippen MR) is 141 cm³/mol. The molecule has 4 rings (SSSR count). The van der Waals surface area contributed by atoms with Gasteiger partial charge in [-0.3, -0.25) is 0 Å². The molecule has 1 aromatic heterocycles. The van der Waals surface area contributed by atoms with E-state index in [-0.39, 0.29) is 6.04 Å². The first kappa shape index (κ1) is 25.5. The molecule has 0 fully saturated rings. The molecule has 8 heteroatoms. The Balaban J connectivity index is 1.44. The van der Waals surface area contributed by atoms with Crippen LogP contribution in [0.2, 0.25) is 0 Å². The molecule has 7 nitrogen and oxygen atoms in total. The highest BCUT2D eigenvalue weighted by Crippen LogP contribution is 2.29. The molecule has 3 aromatic carbocycles. The fourth-order valence-electron chi connectivity index (χ4n) is 3.76. The Kier molecular flexibility index (Phi) is 8.76. The van der Waals surface area contributed by atoms with Gasteiger partial charge in [0.1, 0.15) is 22.3 Å². The van der Waals surface area contributed by atoms with Crippen molar-refractivity contribution in [2.45, 2.75) is 38.5 Å². The number of carboxylic acids is 1. The fraction of sp³-hybridized carbons (Fsp3) is 0.286. The van der Waals surface area contributed by atoms with Gasteiger partial charge in [0.15, 0.2) is 6.10 Å². The van der Waals surface area contributed by atoms with Crippen molar-refractivity contribution in [2.75, 3.05) is 13.7 Å². The summed E-state index contributed by atoms with van der Waals surface area (Å²) >= 11 is 1.67. The van der Waals surface area contributed by atoms with Crippen LogP contribution in [-0.4, -0.2) is 35.9 Å². The van der Waals surface area contributed by atoms with Crippen molar-refractivity contribution in [1.82, 2.24) is 10.3 Å². The van der Waals surface area contributed by atoms with Gasteiger partial charge in [0.05, 0.1) is 30.0 Å². The number of thiazole rings is 1. The van der Waals surface area contributed by atoms with E-state index in [1.165, 1.54) is 0 Å². The number of carboxylic acid groups (broad SMARTS) is 1. The van der Waals surface area contributed by atoms with Crippen molar-refractivity contribution >= 4 is 27.5 Å². The van der Waals surface area contributed by atoms with Crippen LogP contribution in [0.1, 0.15) is 36.4 Å². The van der Waals surface area contributed by atoms with Crippen LogP contribution in [-0.2, 0) is 11.3 Å². The number of aromatic nitrogens is 1. The van der Waals surface area contributed by atoms with Crippen molar-refractivity contribution in [1.29, 1.82) is 0 Å². The molecule has 2 atom stereocenters. The molecule has 0 saturated heterocycles. The largest absolute Gasteiger partial charge is 0.497 e. The molecule has 0 amide bonds. The lowest BCUT2D eigenvalue weighted by Crippen LogP contribution is -2.26. The molecule has 0 spiro atoms. The minimum absolute atomic E-state index is 0.0207. The van der Waals surface area contributed by atoms with Crippen LogP contribution in [0, 0.1) is 0 Å². The molecular weight excluding hydrogens is 476 g/mol. The van der Waals surface area contributed by atoms with Crippen LogP contribution in [0.4, 0.5) is 0 Å². The van der Waals surface area contributed by atoms with Gasteiger partial charge in [-0.1, -0.05) is 31.2 Å². The quantitative estimate of drug-likeness (QED) is 0.235. The summed E-state index contributed by atoms with van der Waals surface area (Å²) in [6.07, 6.45) is 0.254. The number of ether oxygens (including phenoxy) is 3. The predicted octanol–water partition coefficient (Wildman–Crippen LogP) is 5.85. The van der Waals surface area contributed by atoms with Gasteiger partial charge < -0.3 is 24.6 Å². The number of nitrogens with zero attached hydrogens (tertiary/aromatic N) is 1. The summed E-state index contributed by atoms with van der Waals surface area (Å²) in [6.45, 7) is 2.88. The minimum atomic E-state index is -0.964. The van der Waals surface area contributed by atoms with Crippen molar-refractivity contribution in [3.05, 3.63) is 83.4 Å². The van der Waals surface area contributed by atoms with E-state index in [0.717, 1.165) is 38.7 Å². The van der Waals surface area contributed by atoms with Gasteiger partial charge >= 0.3 is 5.97 Å². The average Bonchev–Trinajstić information content (AvgIpc) is 3.34. The Labute approximate surface area is 214 Å². The second-order valence-electron chi connectivity index (χ2n) is 8.27. The van der Waals surface area contributed by atoms with Gasteiger partial charge in [-0.2, -0.15) is 0 Å². The van der Waals surface area contributed by atoms with E-state index in [0.29, 0.717) is 25.3 Å². The number of fused-ring (bicyclic) bond motifs is 1. The molecule has 2 unspecified atom stereocenters. The molecular formula is C28H30N2O5S. The highest BCUT2D eigenvalue weighted by atomic mass is 32.1. The second kappa shape index (κ2) is 12.4. The second-order valence-corrected chi connectivity index (χ2v) is 9.33. The van der Waals surface area contributed by atoms with Gasteiger partial charge in [0.25, 0.3) is 0 Å². The van der Waals surface area contributed by atoms with Gasteiger partial charge in [0, 0.05) is 13.0 Å². The fourth-order valence-corrected chi connectivity index (χ4v) is 4.84. The summed E-state index contributed by atoms with van der Waals surface area (Å²) in [5.41, 5.74) is 1.98. The Bertz CT molecular complexity index is 1240. The first-order valence-corrected chi connectivity index (χ1v) is 12.7. The van der Waals surface area contributed by atoms with Crippen molar-refractivity contribution in [3.8, 4) is 17.2 Å². The molecule has 2 N–H and O–H groups in total. The van der Waals surface area contributed by atoms with Crippen molar-refractivity contribution in [2.24, 2.45) is 0 Å². The maximum Gasteiger partial charge on any atom is 0.344 e. The van der Waals surface area contributed by atoms with Crippen molar-refractivity contribution < 1.29 is 24.1 Å². The van der Waals surface area contributed by atoms with E-state index >= 15 is 0 Å². The third-order valence-corrected chi connectivity index (χ3v) is 6.87. The first-order valence-electron chi connectivity index (χ1n) is 11.9. The van der Waals surface area contributed by atoms with Crippen LogP contribution in [0.15, 0.2) is 72.8 Å². The highest BCUT2D eigenvalue weighted by molar-refractivity contribution is 7.18. The molecule has 0 aliphatic heterocycles. The Hall–Kier alpha value is -3.62. The molecule has 0 aliphatic carbocycles. The smallest absolute Gasteiger partial charge is 0.344 e. The number of hydrogen-bond donors (Lipinski definition) is 2. The van der Waals surface area contributed by atoms with Gasteiger partial charge in [-0.05, 0) is 60.5 Å². The number of para-hydroxylation sites is 1. The highest BCUT2D eigenvalue weighted by Gasteiger charge is 2.18. The lowest BCUT2D eigenvalue weighted by molar-refractivity contribution is -0.145. The molecule has 0 saturated carbocycles. The number of benzene rings is 3. The summed E-state index contributed by atoms with van der Waals surface area (Å²) in [5, 5.41) is 13.9. The zero-order valence-electron chi connectivity index (χ0n) is 20.3. The molecule has 188 valence electrons. The van der Waals surface area contributed by atoms with E-state index in [1.54, 1.807) is 31.4 Å². The summed E-state index contributed by atoms with van der Waals surface area (Å²) in [7, 11) is 1.64. The molecule has 36 heavy (non-hydrogen) atoms. The topological polar surface area (TPSA) is 89.9 Å². The molecule has 0 bridgehead atoms. The third-order valence-electron chi connectivity index (χ3n) is 5.72. The number of hydrogen-bond acceptors (Lipinski definition) is 7. The van der Waals surface area contributed by atoms with E-state index in [2.05, 4.69) is 11.4 Å². The molecule has 4 aromatic rings. The molecule has 0 aliphatic rings. The number of carbonyl (C=O) groups is 1. The summed E-state index contributed by atoms with van der Waals surface area (Å²) in [6, 6.07) is 23.2. The summed E-state index contributed by atoms with van der Waals surface area (Å²) in [4.78, 5) is 16.2. The van der Waals surface area contributed by atoms with Crippen molar-refractivity contribution in [3.63, 3.8) is 0 Å². The standard InChI is InChI=1S/C28H30N2O5S/c1-3-25(28(31)32)35-22-8-6-7-19(17-22)18-29-24(27-30-23-9-4-5-10-26(23)36-27)15-16-34-21-13-11-20(33-2)12-14-21/h4-14,17,24-25,29H,3,15-16,18H2,1-2H3,(H,31,32). The van der Waals surface area contributed by atoms with Crippen LogP contribution < -0.4 is 19.5 Å². The van der Waals surface area contributed by atoms with E-state index < -0.39 is 12.1 Å². The lowest BCUT2D eigenvalue weighted by Gasteiger charge is -2.18. The zero-order chi connectivity index (χ0) is 25.3. The van der Waals surface area contributed by atoms with Gasteiger partial charge in [-0.25, -0.2) is 9.78 Å². The maximum absolute atomic E-state index is 11.3. The van der Waals surface area contributed by atoms with E-state index in [4.69, 9.17) is 19.2 Å². The van der Waals surface area contributed by atoms with Crippen LogP contribution >= 0.6 is 11.3 Å². The third kappa shape index (κ3) is 6.74. The molecule has 0 radical (unpaired) electrons. The minimum Gasteiger partial charge on any atom is -0.497 e. The molecule has 1 heterocycles. The van der Waals surface area contributed by atoms with E-state index in [1.807, 2.05) is 60.7 Å². The number of nitrogens with one attached hydrogen (secondary N) is 1. The van der Waals surface area contributed by atoms with Gasteiger partial charge in [-0.15, -0.1) is 11.3 Å². The normalized spacial score (nSPS) is 12.7. The summed E-state index contributed by atoms with van der Waals surface area (Å²) in [5.74, 6) is 1.15.